The first-order chi connectivity index (χ1) is 4.31. The van der Waals surface area contributed by atoms with E-state index in [0.717, 1.165) is 6.61 Å². The highest BCUT2D eigenvalue weighted by Gasteiger charge is 1.79. The molecule has 0 radical (unpaired) electrons. The third kappa shape index (κ3) is 11.3. The summed E-state index contributed by atoms with van der Waals surface area (Å²) < 4.78 is 4.83. The van der Waals surface area contributed by atoms with Gasteiger partial charge in [-0.15, -0.1) is 0 Å². The topological polar surface area (TPSA) is 9.23 Å². The fourth-order valence-electron chi connectivity index (χ4n) is 0.311. The van der Waals surface area contributed by atoms with Gasteiger partial charge in [0.2, 0.25) is 0 Å². The largest absolute Gasteiger partial charge is 0.380 e. The van der Waals surface area contributed by atoms with Crippen LogP contribution in [0.25, 0.3) is 0 Å². The number of allylic oxidation sites excluding steroid dienone is 1. The van der Waals surface area contributed by atoms with Crippen LogP contribution < -0.4 is 0 Å². The van der Waals surface area contributed by atoms with E-state index in [1.807, 2.05) is 33.8 Å². The highest BCUT2D eigenvalue weighted by atomic mass is 16.5. The summed E-state index contributed by atoms with van der Waals surface area (Å²) in [6.45, 7) is 8.81. The maximum absolute atomic E-state index is 4.83. The number of rotatable bonds is 2. The van der Waals surface area contributed by atoms with Crippen LogP contribution in [0.15, 0.2) is 11.6 Å². The van der Waals surface area contributed by atoms with Gasteiger partial charge in [-0.25, -0.2) is 0 Å². The molecule has 0 fully saturated rings. The molecule has 0 aliphatic heterocycles. The maximum atomic E-state index is 4.83. The van der Waals surface area contributed by atoms with E-state index in [1.165, 1.54) is 5.57 Å². The lowest BCUT2D eigenvalue weighted by Crippen LogP contribution is -1.87. The van der Waals surface area contributed by atoms with Gasteiger partial charge in [-0.05, 0) is 13.8 Å². The van der Waals surface area contributed by atoms with Gasteiger partial charge < -0.3 is 4.74 Å². The standard InChI is InChI=1S/C6H12O.C2H6/c1-4-6(2)5-7-3;1-2/h4H,5H2,1-3H3;1-2H3/b6-4-;. The molecule has 0 atom stereocenters. The molecule has 0 saturated heterocycles. The minimum atomic E-state index is 0.760. The molecule has 0 saturated carbocycles. The molecule has 0 heterocycles. The molecular weight excluding hydrogens is 112 g/mol. The number of ether oxygens (including phenoxy) is 1. The summed E-state index contributed by atoms with van der Waals surface area (Å²) in [5, 5.41) is 0. The second kappa shape index (κ2) is 10.6. The molecule has 0 aromatic heterocycles. The first-order valence-corrected chi connectivity index (χ1v) is 3.42. The first-order valence-electron chi connectivity index (χ1n) is 3.42. The summed E-state index contributed by atoms with van der Waals surface area (Å²) in [5.41, 5.74) is 1.28. The van der Waals surface area contributed by atoms with E-state index < -0.39 is 0 Å². The molecule has 56 valence electrons. The van der Waals surface area contributed by atoms with Crippen molar-refractivity contribution in [3.63, 3.8) is 0 Å². The van der Waals surface area contributed by atoms with E-state index in [0.29, 0.717) is 0 Å². The number of methoxy groups -OCH3 is 1. The second-order valence-electron chi connectivity index (χ2n) is 1.57. The van der Waals surface area contributed by atoms with Gasteiger partial charge in [0.15, 0.2) is 0 Å². The van der Waals surface area contributed by atoms with Crippen LogP contribution in [0.3, 0.4) is 0 Å². The van der Waals surface area contributed by atoms with Crippen LogP contribution in [0.2, 0.25) is 0 Å². The third-order valence-corrected chi connectivity index (χ3v) is 0.865. The van der Waals surface area contributed by atoms with Crippen molar-refractivity contribution in [2.24, 2.45) is 0 Å². The van der Waals surface area contributed by atoms with Crippen molar-refractivity contribution in [2.45, 2.75) is 27.7 Å². The molecule has 1 nitrogen and oxygen atoms in total. The summed E-state index contributed by atoms with van der Waals surface area (Å²) in [5.74, 6) is 0. The van der Waals surface area contributed by atoms with E-state index in [-0.39, 0.29) is 0 Å². The molecule has 0 unspecified atom stereocenters. The quantitative estimate of drug-likeness (QED) is 0.522. The van der Waals surface area contributed by atoms with Crippen LogP contribution in [-0.2, 0) is 4.74 Å². The summed E-state index contributed by atoms with van der Waals surface area (Å²) in [4.78, 5) is 0. The smallest absolute Gasteiger partial charge is 0.0670 e. The van der Waals surface area contributed by atoms with Crippen molar-refractivity contribution in [3.05, 3.63) is 11.6 Å². The van der Waals surface area contributed by atoms with Crippen LogP contribution in [-0.4, -0.2) is 13.7 Å². The Hall–Kier alpha value is -0.300. The number of hydrogen-bond donors (Lipinski definition) is 0. The molecule has 0 bridgehead atoms. The Kier molecular flexibility index (Phi) is 13.6. The van der Waals surface area contributed by atoms with Crippen molar-refractivity contribution in [2.75, 3.05) is 13.7 Å². The Morgan fingerprint density at radius 2 is 1.89 bits per heavy atom. The fourth-order valence-corrected chi connectivity index (χ4v) is 0.311. The Bertz CT molecular complexity index is 65.0. The maximum Gasteiger partial charge on any atom is 0.0670 e. The zero-order valence-corrected chi connectivity index (χ0v) is 7.19. The minimum absolute atomic E-state index is 0.760. The molecule has 1 heteroatoms. The fraction of sp³-hybridized carbons (Fsp3) is 0.750. The average Bonchev–Trinajstić information content (AvgIpc) is 1.93. The molecule has 0 rings (SSSR count). The predicted octanol–water partition coefficient (Wildman–Crippen LogP) is 2.63. The Morgan fingerprint density at radius 3 is 2.00 bits per heavy atom. The van der Waals surface area contributed by atoms with Crippen LogP contribution in [0.4, 0.5) is 0 Å². The van der Waals surface area contributed by atoms with Crippen LogP contribution in [0.5, 0.6) is 0 Å². The van der Waals surface area contributed by atoms with Gasteiger partial charge in [-0.2, -0.15) is 0 Å². The third-order valence-electron chi connectivity index (χ3n) is 0.865. The summed E-state index contributed by atoms with van der Waals surface area (Å²) in [6.07, 6.45) is 2.05. The van der Waals surface area contributed by atoms with Crippen LogP contribution in [0.1, 0.15) is 27.7 Å². The molecule has 0 N–H and O–H groups in total. The van der Waals surface area contributed by atoms with Crippen LogP contribution >= 0.6 is 0 Å². The first kappa shape index (κ1) is 11.5. The van der Waals surface area contributed by atoms with E-state index in [1.54, 1.807) is 7.11 Å². The van der Waals surface area contributed by atoms with Crippen molar-refractivity contribution in [3.8, 4) is 0 Å². The lowest BCUT2D eigenvalue weighted by molar-refractivity contribution is 0.226. The molecular formula is C8H18O. The van der Waals surface area contributed by atoms with Gasteiger partial charge in [0, 0.05) is 7.11 Å². The van der Waals surface area contributed by atoms with Crippen molar-refractivity contribution < 1.29 is 4.74 Å². The van der Waals surface area contributed by atoms with Gasteiger partial charge >= 0.3 is 0 Å². The van der Waals surface area contributed by atoms with Crippen LogP contribution in [0, 0.1) is 0 Å². The van der Waals surface area contributed by atoms with Gasteiger partial charge in [-0.3, -0.25) is 0 Å². The van der Waals surface area contributed by atoms with Gasteiger partial charge in [0.25, 0.3) is 0 Å². The number of hydrogen-bond acceptors (Lipinski definition) is 1. The Balaban J connectivity index is 0. The predicted molar refractivity (Wildman–Crippen MR) is 42.7 cm³/mol. The highest BCUT2D eigenvalue weighted by Crippen LogP contribution is 1.88. The van der Waals surface area contributed by atoms with Gasteiger partial charge in [0.05, 0.1) is 6.61 Å². The van der Waals surface area contributed by atoms with Crippen molar-refractivity contribution in [1.29, 1.82) is 0 Å². The highest BCUT2D eigenvalue weighted by molar-refractivity contribution is 4.94. The lowest BCUT2D eigenvalue weighted by atomic mass is 10.3. The summed E-state index contributed by atoms with van der Waals surface area (Å²) in [7, 11) is 1.70. The molecule has 9 heavy (non-hydrogen) atoms. The van der Waals surface area contributed by atoms with E-state index in [2.05, 4.69) is 0 Å². The van der Waals surface area contributed by atoms with Gasteiger partial charge in [-0.1, -0.05) is 25.5 Å². The van der Waals surface area contributed by atoms with E-state index >= 15 is 0 Å². The zero-order valence-electron chi connectivity index (χ0n) is 7.19. The van der Waals surface area contributed by atoms with E-state index in [9.17, 15) is 0 Å². The summed E-state index contributed by atoms with van der Waals surface area (Å²) >= 11 is 0. The molecule has 0 spiro atoms. The minimum Gasteiger partial charge on any atom is -0.380 e. The normalized spacial score (nSPS) is 10.1. The van der Waals surface area contributed by atoms with Gasteiger partial charge in [0.1, 0.15) is 0 Å². The Morgan fingerprint density at radius 1 is 1.44 bits per heavy atom. The van der Waals surface area contributed by atoms with E-state index in [4.69, 9.17) is 4.74 Å². The molecule has 0 aromatic carbocycles. The zero-order chi connectivity index (χ0) is 7.70. The van der Waals surface area contributed by atoms with Crippen molar-refractivity contribution in [1.82, 2.24) is 0 Å². The molecule has 0 amide bonds. The molecule has 0 aliphatic carbocycles. The molecule has 0 aliphatic rings. The lowest BCUT2D eigenvalue weighted by Gasteiger charge is -1.93. The van der Waals surface area contributed by atoms with Crippen molar-refractivity contribution >= 4 is 0 Å². The second-order valence-corrected chi connectivity index (χ2v) is 1.57. The monoisotopic (exact) mass is 130 g/mol. The molecule has 0 aromatic rings. The Labute approximate surface area is 58.7 Å². The summed E-state index contributed by atoms with van der Waals surface area (Å²) in [6, 6.07) is 0. The SMILES string of the molecule is C/C=C(/C)COC.CC. The average molecular weight is 130 g/mol.